The van der Waals surface area contributed by atoms with Crippen LogP contribution >= 0.6 is 22.9 Å². The van der Waals surface area contributed by atoms with Gasteiger partial charge in [-0.25, -0.2) is 4.98 Å². The van der Waals surface area contributed by atoms with E-state index in [1.807, 2.05) is 12.6 Å². The first kappa shape index (κ1) is 16.3. The van der Waals surface area contributed by atoms with Crippen LogP contribution < -0.4 is 10.2 Å². The van der Waals surface area contributed by atoms with Crippen LogP contribution in [0.4, 0.5) is 5.69 Å². The van der Waals surface area contributed by atoms with E-state index in [9.17, 15) is 0 Å². The van der Waals surface area contributed by atoms with Crippen LogP contribution in [0.15, 0.2) is 29.1 Å². The molecule has 1 aromatic carbocycles. The van der Waals surface area contributed by atoms with Crippen LogP contribution in [0.1, 0.15) is 37.6 Å². The summed E-state index contributed by atoms with van der Waals surface area (Å²) in [7, 11) is 2.04. The minimum Gasteiger partial charge on any atom is -0.367 e. The second-order valence-electron chi connectivity index (χ2n) is 5.22. The lowest BCUT2D eigenvalue weighted by Gasteiger charge is -2.21. The fraction of sp³-hybridized carbons (Fsp3) is 0.438. The Labute approximate surface area is 136 Å². The van der Waals surface area contributed by atoms with E-state index in [2.05, 4.69) is 52.6 Å². The lowest BCUT2D eigenvalue weighted by Crippen LogP contribution is -2.20. The zero-order valence-electron chi connectivity index (χ0n) is 12.8. The van der Waals surface area contributed by atoms with Crippen molar-refractivity contribution < 1.29 is 0 Å². The number of benzene rings is 1. The fourth-order valence-electron chi connectivity index (χ4n) is 2.22. The first-order chi connectivity index (χ1) is 10.1. The maximum absolute atomic E-state index is 6.46. The van der Waals surface area contributed by atoms with E-state index >= 15 is 0 Å². The Balaban J connectivity index is 2.07. The minimum absolute atomic E-state index is 0.320. The van der Waals surface area contributed by atoms with E-state index in [0.29, 0.717) is 6.04 Å². The highest BCUT2D eigenvalue weighted by molar-refractivity contribution is 7.07. The van der Waals surface area contributed by atoms with E-state index in [1.54, 1.807) is 11.3 Å². The highest BCUT2D eigenvalue weighted by Crippen LogP contribution is 2.29. The molecule has 0 aliphatic carbocycles. The summed E-state index contributed by atoms with van der Waals surface area (Å²) in [5.74, 6) is 0. The maximum atomic E-state index is 6.46. The van der Waals surface area contributed by atoms with Crippen molar-refractivity contribution in [3.05, 3.63) is 45.4 Å². The highest BCUT2D eigenvalue weighted by Gasteiger charge is 2.11. The van der Waals surface area contributed by atoms with Crippen molar-refractivity contribution >= 4 is 28.6 Å². The first-order valence-electron chi connectivity index (χ1n) is 7.22. The van der Waals surface area contributed by atoms with Gasteiger partial charge in [-0.2, -0.15) is 0 Å². The van der Waals surface area contributed by atoms with Crippen molar-refractivity contribution in [2.75, 3.05) is 18.5 Å². The predicted octanol–water partition coefficient (Wildman–Crippen LogP) is 4.49. The standard InChI is InChI=1S/C16H22ClN3S/c1-4-7-18-12(2)13-5-6-16(15(17)8-13)20(3)9-14-10-21-11-19-14/h5-6,8,10-12,18H,4,7,9H2,1-3H3. The number of nitrogens with zero attached hydrogens (tertiary/aromatic N) is 2. The largest absolute Gasteiger partial charge is 0.367 e. The molecule has 5 heteroatoms. The van der Waals surface area contributed by atoms with Gasteiger partial charge in [0.25, 0.3) is 0 Å². The molecule has 1 aromatic heterocycles. The Bertz CT molecular complexity index is 557. The Morgan fingerprint density at radius 3 is 2.86 bits per heavy atom. The molecule has 0 aliphatic rings. The Kier molecular flexibility index (Phi) is 6.03. The smallest absolute Gasteiger partial charge is 0.0795 e. The number of thiazole rings is 1. The lowest BCUT2D eigenvalue weighted by atomic mass is 10.1. The van der Waals surface area contributed by atoms with E-state index in [0.717, 1.165) is 35.9 Å². The van der Waals surface area contributed by atoms with Gasteiger partial charge in [-0.3, -0.25) is 0 Å². The summed E-state index contributed by atoms with van der Waals surface area (Å²) in [6.45, 7) is 6.12. The van der Waals surface area contributed by atoms with Gasteiger partial charge in [0.05, 0.1) is 28.5 Å². The predicted molar refractivity (Wildman–Crippen MR) is 92.4 cm³/mol. The first-order valence-corrected chi connectivity index (χ1v) is 8.55. The third-order valence-electron chi connectivity index (χ3n) is 3.47. The van der Waals surface area contributed by atoms with Crippen LogP contribution in [0.2, 0.25) is 5.02 Å². The lowest BCUT2D eigenvalue weighted by molar-refractivity contribution is 0.571. The topological polar surface area (TPSA) is 28.2 Å². The second kappa shape index (κ2) is 7.78. The zero-order chi connectivity index (χ0) is 15.2. The number of aromatic nitrogens is 1. The van der Waals surface area contributed by atoms with Crippen LogP contribution in [-0.2, 0) is 6.54 Å². The number of rotatable bonds is 7. The molecule has 0 spiro atoms. The summed E-state index contributed by atoms with van der Waals surface area (Å²) in [5.41, 5.74) is 5.19. The second-order valence-corrected chi connectivity index (χ2v) is 6.35. The maximum Gasteiger partial charge on any atom is 0.0795 e. The highest BCUT2D eigenvalue weighted by atomic mass is 35.5. The molecule has 0 bridgehead atoms. The summed E-state index contributed by atoms with van der Waals surface area (Å²) in [6.07, 6.45) is 1.13. The molecule has 2 aromatic rings. The van der Waals surface area contributed by atoms with Crippen molar-refractivity contribution in [3.8, 4) is 0 Å². The van der Waals surface area contributed by atoms with E-state index in [1.165, 1.54) is 5.56 Å². The third kappa shape index (κ3) is 4.43. The van der Waals surface area contributed by atoms with Crippen molar-refractivity contribution in [1.29, 1.82) is 0 Å². The molecule has 0 fully saturated rings. The van der Waals surface area contributed by atoms with Gasteiger partial charge in [-0.1, -0.05) is 24.6 Å². The number of hydrogen-bond donors (Lipinski definition) is 1. The molecule has 1 atom stereocenters. The summed E-state index contributed by atoms with van der Waals surface area (Å²) in [4.78, 5) is 6.44. The molecule has 3 nitrogen and oxygen atoms in total. The molecule has 1 unspecified atom stereocenters. The zero-order valence-corrected chi connectivity index (χ0v) is 14.3. The molecular weight excluding hydrogens is 302 g/mol. The molecule has 0 saturated heterocycles. The third-order valence-corrected chi connectivity index (χ3v) is 4.40. The van der Waals surface area contributed by atoms with Gasteiger partial charge >= 0.3 is 0 Å². The number of anilines is 1. The average Bonchev–Trinajstić information content (AvgIpc) is 2.97. The molecule has 0 aliphatic heterocycles. The molecule has 21 heavy (non-hydrogen) atoms. The molecular formula is C16H22ClN3S. The van der Waals surface area contributed by atoms with Crippen molar-refractivity contribution in [1.82, 2.24) is 10.3 Å². The SMILES string of the molecule is CCCNC(C)c1ccc(N(C)Cc2cscn2)c(Cl)c1. The molecule has 2 rings (SSSR count). The van der Waals surface area contributed by atoms with E-state index < -0.39 is 0 Å². The Morgan fingerprint density at radius 1 is 1.43 bits per heavy atom. The van der Waals surface area contributed by atoms with E-state index in [4.69, 9.17) is 11.6 Å². The molecule has 0 radical (unpaired) electrons. The number of halogens is 1. The van der Waals surface area contributed by atoms with Gasteiger partial charge < -0.3 is 10.2 Å². The van der Waals surface area contributed by atoms with Crippen LogP contribution in [0.25, 0.3) is 0 Å². The van der Waals surface area contributed by atoms with Crippen molar-refractivity contribution in [2.45, 2.75) is 32.9 Å². The van der Waals surface area contributed by atoms with Crippen molar-refractivity contribution in [3.63, 3.8) is 0 Å². The van der Waals surface area contributed by atoms with Crippen LogP contribution in [0.3, 0.4) is 0 Å². The Hall–Kier alpha value is -1.10. The summed E-state index contributed by atoms with van der Waals surface area (Å²) < 4.78 is 0. The summed E-state index contributed by atoms with van der Waals surface area (Å²) in [6, 6.07) is 6.61. The summed E-state index contributed by atoms with van der Waals surface area (Å²) >= 11 is 8.07. The molecule has 1 N–H and O–H groups in total. The van der Waals surface area contributed by atoms with Gasteiger partial charge in [0.2, 0.25) is 0 Å². The summed E-state index contributed by atoms with van der Waals surface area (Å²) in [5, 5.41) is 6.33. The van der Waals surface area contributed by atoms with Crippen LogP contribution in [0, 0.1) is 0 Å². The molecule has 1 heterocycles. The number of nitrogens with one attached hydrogen (secondary N) is 1. The van der Waals surface area contributed by atoms with Crippen molar-refractivity contribution in [2.24, 2.45) is 0 Å². The van der Waals surface area contributed by atoms with Gasteiger partial charge in [-0.15, -0.1) is 11.3 Å². The van der Waals surface area contributed by atoms with Crippen LogP contribution in [-0.4, -0.2) is 18.6 Å². The van der Waals surface area contributed by atoms with Gasteiger partial charge in [-0.05, 0) is 37.6 Å². The quantitative estimate of drug-likeness (QED) is 0.813. The molecule has 114 valence electrons. The number of hydrogen-bond acceptors (Lipinski definition) is 4. The van der Waals surface area contributed by atoms with E-state index in [-0.39, 0.29) is 0 Å². The van der Waals surface area contributed by atoms with Crippen LogP contribution in [0.5, 0.6) is 0 Å². The van der Waals surface area contributed by atoms with Gasteiger partial charge in [0.1, 0.15) is 0 Å². The molecule has 0 amide bonds. The molecule has 0 saturated carbocycles. The minimum atomic E-state index is 0.320. The fourth-order valence-corrected chi connectivity index (χ4v) is 3.11. The average molecular weight is 324 g/mol. The monoisotopic (exact) mass is 323 g/mol. The Morgan fingerprint density at radius 2 is 2.24 bits per heavy atom. The normalized spacial score (nSPS) is 12.4. The van der Waals surface area contributed by atoms with Gasteiger partial charge in [0.15, 0.2) is 0 Å². The van der Waals surface area contributed by atoms with Gasteiger partial charge in [0, 0.05) is 18.5 Å².